The molecule has 0 radical (unpaired) electrons. The highest BCUT2D eigenvalue weighted by Crippen LogP contribution is 2.31. The lowest BCUT2D eigenvalue weighted by Crippen LogP contribution is -1.92. The molecule has 0 spiro atoms. The molecule has 1 aliphatic carbocycles. The Kier molecular flexibility index (Phi) is 2.30. The topological polar surface area (TPSA) is 18.5 Å². The van der Waals surface area contributed by atoms with Crippen LogP contribution in [0.3, 0.4) is 0 Å². The molecule has 0 N–H and O–H groups in total. The Morgan fingerprint density at radius 2 is 2.25 bits per heavy atom. The lowest BCUT2D eigenvalue weighted by molar-refractivity contribution is -0.273. The fourth-order valence-corrected chi connectivity index (χ4v) is 0.705. The molecule has 1 rings (SSSR count). The Morgan fingerprint density at radius 3 is 2.75 bits per heavy atom. The third kappa shape index (κ3) is 2.28. The molecule has 0 amide bonds. The summed E-state index contributed by atoms with van der Waals surface area (Å²) in [7, 11) is 1.55. The second-order valence-corrected chi connectivity index (χ2v) is 2.22. The van der Waals surface area contributed by atoms with Crippen molar-refractivity contribution >= 4 is 0 Å². The Balaban J connectivity index is 1.74. The third-order valence-electron chi connectivity index (χ3n) is 1.42. The first-order chi connectivity index (χ1) is 3.93. The average molecular weight is 116 g/mol. The predicted molar refractivity (Wildman–Crippen MR) is 30.3 cm³/mol. The molecule has 0 aromatic rings. The summed E-state index contributed by atoms with van der Waals surface area (Å²) in [5.74, 6) is 0.949. The second kappa shape index (κ2) is 3.05. The largest absolute Gasteiger partial charge is 0.240 e. The summed E-state index contributed by atoms with van der Waals surface area (Å²) in [5.41, 5.74) is 0. The van der Waals surface area contributed by atoms with E-state index < -0.39 is 0 Å². The van der Waals surface area contributed by atoms with E-state index in [9.17, 15) is 0 Å². The molecule has 0 atom stereocenters. The van der Waals surface area contributed by atoms with Crippen LogP contribution in [0, 0.1) is 5.92 Å². The van der Waals surface area contributed by atoms with Gasteiger partial charge in [-0.2, -0.15) is 0 Å². The van der Waals surface area contributed by atoms with Gasteiger partial charge in [-0.25, -0.2) is 9.78 Å². The van der Waals surface area contributed by atoms with Crippen LogP contribution in [0.5, 0.6) is 0 Å². The molecule has 0 aromatic carbocycles. The maximum absolute atomic E-state index is 4.68. The molecule has 8 heavy (non-hydrogen) atoms. The van der Waals surface area contributed by atoms with Gasteiger partial charge < -0.3 is 0 Å². The van der Waals surface area contributed by atoms with Crippen LogP contribution >= 0.6 is 0 Å². The van der Waals surface area contributed by atoms with Crippen LogP contribution in [0.2, 0.25) is 0 Å². The predicted octanol–water partition coefficient (Wildman–Crippen LogP) is 1.36. The molecule has 1 saturated carbocycles. The molecular weight excluding hydrogens is 104 g/mol. The monoisotopic (exact) mass is 116 g/mol. The molecule has 48 valence electrons. The summed E-state index contributed by atoms with van der Waals surface area (Å²) in [4.78, 5) is 9.10. The van der Waals surface area contributed by atoms with Crippen molar-refractivity contribution in [2.45, 2.75) is 19.3 Å². The molecule has 2 nitrogen and oxygen atoms in total. The Labute approximate surface area is 49.7 Å². The van der Waals surface area contributed by atoms with E-state index in [4.69, 9.17) is 0 Å². The van der Waals surface area contributed by atoms with Crippen LogP contribution in [-0.4, -0.2) is 13.7 Å². The Bertz CT molecular complexity index is 59.5. The van der Waals surface area contributed by atoms with Crippen LogP contribution in [0.25, 0.3) is 0 Å². The third-order valence-corrected chi connectivity index (χ3v) is 1.42. The molecule has 2 heteroatoms. The fraction of sp³-hybridized carbons (Fsp3) is 1.00. The van der Waals surface area contributed by atoms with Crippen molar-refractivity contribution in [3.63, 3.8) is 0 Å². The first-order valence-electron chi connectivity index (χ1n) is 3.09. The zero-order valence-corrected chi connectivity index (χ0v) is 5.22. The number of hydrogen-bond donors (Lipinski definition) is 0. The van der Waals surface area contributed by atoms with Gasteiger partial charge in [-0.05, 0) is 12.3 Å². The lowest BCUT2D eigenvalue weighted by atomic mass is 10.3. The molecular formula is C6H12O2. The number of rotatable bonds is 4. The van der Waals surface area contributed by atoms with E-state index in [1.807, 2.05) is 0 Å². The minimum Gasteiger partial charge on any atom is -0.240 e. The van der Waals surface area contributed by atoms with E-state index >= 15 is 0 Å². The van der Waals surface area contributed by atoms with Gasteiger partial charge in [0.05, 0.1) is 13.7 Å². The minimum atomic E-state index is 0.765. The smallest absolute Gasteiger partial charge is 0.0824 e. The Hall–Kier alpha value is -0.0800. The molecule has 0 aliphatic heterocycles. The summed E-state index contributed by atoms with van der Waals surface area (Å²) in [5, 5.41) is 0. The highest BCUT2D eigenvalue weighted by atomic mass is 17.2. The molecule has 0 aromatic heterocycles. The van der Waals surface area contributed by atoms with Gasteiger partial charge in [0.25, 0.3) is 0 Å². The van der Waals surface area contributed by atoms with Gasteiger partial charge in [0, 0.05) is 0 Å². The first-order valence-corrected chi connectivity index (χ1v) is 3.09. The SMILES string of the molecule is COOCCC1CC1. The lowest BCUT2D eigenvalue weighted by Gasteiger charge is -1.95. The maximum atomic E-state index is 4.68. The van der Waals surface area contributed by atoms with Crippen molar-refractivity contribution in [3.8, 4) is 0 Å². The fourth-order valence-electron chi connectivity index (χ4n) is 0.705. The quantitative estimate of drug-likeness (QED) is 0.314. The van der Waals surface area contributed by atoms with Gasteiger partial charge in [0.2, 0.25) is 0 Å². The van der Waals surface area contributed by atoms with Gasteiger partial charge in [0.1, 0.15) is 0 Å². The van der Waals surface area contributed by atoms with Crippen molar-refractivity contribution in [1.29, 1.82) is 0 Å². The zero-order valence-electron chi connectivity index (χ0n) is 5.22. The van der Waals surface area contributed by atoms with E-state index in [-0.39, 0.29) is 0 Å². The van der Waals surface area contributed by atoms with E-state index in [0.29, 0.717) is 0 Å². The Morgan fingerprint density at radius 1 is 1.50 bits per heavy atom. The van der Waals surface area contributed by atoms with E-state index in [1.165, 1.54) is 19.3 Å². The van der Waals surface area contributed by atoms with Crippen LogP contribution < -0.4 is 0 Å². The standard InChI is InChI=1S/C6H12O2/c1-7-8-5-4-6-2-3-6/h6H,2-5H2,1H3. The van der Waals surface area contributed by atoms with Crippen molar-refractivity contribution in [3.05, 3.63) is 0 Å². The van der Waals surface area contributed by atoms with Crippen LogP contribution in [0.15, 0.2) is 0 Å². The zero-order chi connectivity index (χ0) is 5.82. The summed E-state index contributed by atoms with van der Waals surface area (Å²) >= 11 is 0. The highest BCUT2D eigenvalue weighted by molar-refractivity contribution is 4.71. The minimum absolute atomic E-state index is 0.765. The van der Waals surface area contributed by atoms with E-state index in [1.54, 1.807) is 7.11 Å². The van der Waals surface area contributed by atoms with Crippen molar-refractivity contribution in [2.75, 3.05) is 13.7 Å². The average Bonchev–Trinajstić information content (AvgIpc) is 2.51. The normalized spacial score (nSPS) is 19.1. The van der Waals surface area contributed by atoms with E-state index in [0.717, 1.165) is 12.5 Å². The van der Waals surface area contributed by atoms with Gasteiger partial charge in [-0.3, -0.25) is 0 Å². The van der Waals surface area contributed by atoms with E-state index in [2.05, 4.69) is 9.78 Å². The summed E-state index contributed by atoms with van der Waals surface area (Å²) in [6.07, 6.45) is 3.97. The van der Waals surface area contributed by atoms with Gasteiger partial charge >= 0.3 is 0 Å². The molecule has 0 unspecified atom stereocenters. The van der Waals surface area contributed by atoms with Crippen LogP contribution in [0.1, 0.15) is 19.3 Å². The first kappa shape index (κ1) is 6.05. The van der Waals surface area contributed by atoms with Crippen LogP contribution in [0.4, 0.5) is 0 Å². The summed E-state index contributed by atoms with van der Waals surface area (Å²) < 4.78 is 0. The van der Waals surface area contributed by atoms with Crippen molar-refractivity contribution < 1.29 is 9.78 Å². The van der Waals surface area contributed by atoms with Gasteiger partial charge in [-0.15, -0.1) is 0 Å². The van der Waals surface area contributed by atoms with Crippen LogP contribution in [-0.2, 0) is 9.78 Å². The molecule has 0 saturated heterocycles. The highest BCUT2D eigenvalue weighted by Gasteiger charge is 2.20. The van der Waals surface area contributed by atoms with Crippen molar-refractivity contribution in [2.24, 2.45) is 5.92 Å². The van der Waals surface area contributed by atoms with Gasteiger partial charge in [-0.1, -0.05) is 12.8 Å². The maximum Gasteiger partial charge on any atom is 0.0824 e. The summed E-state index contributed by atoms with van der Waals surface area (Å²) in [6.45, 7) is 0.765. The van der Waals surface area contributed by atoms with Crippen molar-refractivity contribution in [1.82, 2.24) is 0 Å². The second-order valence-electron chi connectivity index (χ2n) is 2.22. The molecule has 0 bridgehead atoms. The molecule has 1 aliphatic rings. The summed E-state index contributed by atoms with van der Waals surface area (Å²) in [6, 6.07) is 0. The molecule has 1 fully saturated rings. The van der Waals surface area contributed by atoms with Gasteiger partial charge in [0.15, 0.2) is 0 Å². The molecule has 0 heterocycles. The number of hydrogen-bond acceptors (Lipinski definition) is 2.